The number of fused-ring (bicyclic) bond motifs is 1. The maximum absolute atomic E-state index is 12.6. The molecule has 6 nitrogen and oxygen atoms in total. The van der Waals surface area contributed by atoms with E-state index in [1.165, 1.54) is 6.20 Å². The molecule has 0 bridgehead atoms. The maximum atomic E-state index is 12.6. The molecule has 4 rings (SSSR count). The summed E-state index contributed by atoms with van der Waals surface area (Å²) < 4.78 is 7.62. The highest BCUT2D eigenvalue weighted by atomic mass is 79.9. The molecule has 0 atom stereocenters. The van der Waals surface area contributed by atoms with Crippen molar-refractivity contribution in [3.05, 3.63) is 74.1 Å². The number of nitrogens with zero attached hydrogens (tertiary/aromatic N) is 3. The molecule has 0 saturated heterocycles. The molecule has 0 saturated carbocycles. The molecule has 130 valence electrons. The molecule has 0 unspecified atom stereocenters. The number of anilines is 2. The van der Waals surface area contributed by atoms with Crippen LogP contribution in [0.15, 0.2) is 62.3 Å². The molecular formula is C18H12BrClN4O2. The van der Waals surface area contributed by atoms with Gasteiger partial charge in [-0.25, -0.2) is 0 Å². The van der Waals surface area contributed by atoms with Gasteiger partial charge in [-0.15, -0.1) is 4.68 Å². The standard InChI is InChI=1S/C18H12BrClN4O2/c1-10-8-11(6-7-12(10)19)22-14-9-21-24(17(25)16(14)20)18-23-13-4-2-3-5-15(13)26-18/h2-9,22H,1H3. The van der Waals surface area contributed by atoms with Crippen LogP contribution in [0.25, 0.3) is 17.1 Å². The molecule has 0 amide bonds. The SMILES string of the molecule is Cc1cc(Nc2cnn(-c3nc4ccccc4o3)c(=O)c2Cl)ccc1Br. The van der Waals surface area contributed by atoms with E-state index >= 15 is 0 Å². The monoisotopic (exact) mass is 430 g/mol. The first-order chi connectivity index (χ1) is 12.5. The molecule has 0 aliphatic heterocycles. The minimum atomic E-state index is -0.517. The van der Waals surface area contributed by atoms with Crippen molar-refractivity contribution in [3.63, 3.8) is 0 Å². The van der Waals surface area contributed by atoms with Crippen LogP contribution in [-0.2, 0) is 0 Å². The number of para-hydroxylation sites is 2. The van der Waals surface area contributed by atoms with Gasteiger partial charge < -0.3 is 9.73 Å². The van der Waals surface area contributed by atoms with Gasteiger partial charge in [-0.2, -0.15) is 10.1 Å². The van der Waals surface area contributed by atoms with Gasteiger partial charge in [0.1, 0.15) is 10.5 Å². The molecule has 0 aliphatic carbocycles. The number of hydrogen-bond acceptors (Lipinski definition) is 5. The summed E-state index contributed by atoms with van der Waals surface area (Å²) in [6, 6.07) is 13.0. The molecule has 1 N–H and O–H groups in total. The van der Waals surface area contributed by atoms with Crippen LogP contribution in [0.5, 0.6) is 0 Å². The van der Waals surface area contributed by atoms with Crippen LogP contribution in [-0.4, -0.2) is 14.8 Å². The van der Waals surface area contributed by atoms with Gasteiger partial charge >= 0.3 is 6.01 Å². The van der Waals surface area contributed by atoms with E-state index in [2.05, 4.69) is 31.3 Å². The van der Waals surface area contributed by atoms with E-state index in [0.717, 1.165) is 20.4 Å². The minimum absolute atomic E-state index is 0.00262. The molecule has 8 heteroatoms. The van der Waals surface area contributed by atoms with Crippen LogP contribution in [0, 0.1) is 6.92 Å². The molecule has 0 aliphatic rings. The largest absolute Gasteiger partial charge is 0.422 e. The van der Waals surface area contributed by atoms with Crippen molar-refractivity contribution >= 4 is 50.0 Å². The Morgan fingerprint density at radius 1 is 1.23 bits per heavy atom. The maximum Gasteiger partial charge on any atom is 0.327 e. The zero-order valence-electron chi connectivity index (χ0n) is 13.5. The molecule has 2 aromatic heterocycles. The highest BCUT2D eigenvalue weighted by Crippen LogP contribution is 2.26. The number of aryl methyl sites for hydroxylation is 1. The molecule has 2 aromatic carbocycles. The van der Waals surface area contributed by atoms with Crippen LogP contribution in [0.1, 0.15) is 5.56 Å². The lowest BCUT2D eigenvalue weighted by Gasteiger charge is -2.10. The van der Waals surface area contributed by atoms with Crippen LogP contribution in [0.3, 0.4) is 0 Å². The van der Waals surface area contributed by atoms with Gasteiger partial charge in [-0.1, -0.05) is 39.7 Å². The Morgan fingerprint density at radius 2 is 2.04 bits per heavy atom. The Labute approximate surface area is 161 Å². The summed E-state index contributed by atoms with van der Waals surface area (Å²) >= 11 is 9.71. The number of nitrogens with one attached hydrogen (secondary N) is 1. The van der Waals surface area contributed by atoms with Crippen LogP contribution in [0.4, 0.5) is 11.4 Å². The molecule has 0 spiro atoms. The van der Waals surface area contributed by atoms with Crippen LogP contribution >= 0.6 is 27.5 Å². The highest BCUT2D eigenvalue weighted by Gasteiger charge is 2.15. The van der Waals surface area contributed by atoms with Gasteiger partial charge in [0.25, 0.3) is 5.56 Å². The van der Waals surface area contributed by atoms with E-state index in [9.17, 15) is 4.79 Å². The van der Waals surface area contributed by atoms with Crippen molar-refractivity contribution in [2.75, 3.05) is 5.32 Å². The summed E-state index contributed by atoms with van der Waals surface area (Å²) in [7, 11) is 0. The quantitative estimate of drug-likeness (QED) is 0.502. The van der Waals surface area contributed by atoms with E-state index in [1.54, 1.807) is 12.1 Å². The fourth-order valence-electron chi connectivity index (χ4n) is 2.48. The third-order valence-electron chi connectivity index (χ3n) is 3.82. The summed E-state index contributed by atoms with van der Waals surface area (Å²) in [4.78, 5) is 16.9. The lowest BCUT2D eigenvalue weighted by Crippen LogP contribution is -2.22. The van der Waals surface area contributed by atoms with E-state index in [-0.39, 0.29) is 11.0 Å². The third-order valence-corrected chi connectivity index (χ3v) is 5.07. The van der Waals surface area contributed by atoms with Gasteiger partial charge in [0.2, 0.25) is 0 Å². The van der Waals surface area contributed by atoms with Crippen molar-refractivity contribution < 1.29 is 4.42 Å². The second kappa shape index (κ2) is 6.59. The van der Waals surface area contributed by atoms with E-state index in [1.807, 2.05) is 37.3 Å². The summed E-state index contributed by atoms with van der Waals surface area (Å²) in [6.45, 7) is 1.97. The number of hydrogen-bond donors (Lipinski definition) is 1. The summed E-state index contributed by atoms with van der Waals surface area (Å²) in [5.41, 5.74) is 2.95. The minimum Gasteiger partial charge on any atom is -0.422 e. The van der Waals surface area contributed by atoms with Crippen molar-refractivity contribution in [1.82, 2.24) is 14.8 Å². The van der Waals surface area contributed by atoms with Gasteiger partial charge in [-0.05, 0) is 42.8 Å². The predicted molar refractivity (Wildman–Crippen MR) is 105 cm³/mol. The first kappa shape index (κ1) is 16.8. The fraction of sp³-hybridized carbons (Fsp3) is 0.0556. The van der Waals surface area contributed by atoms with Crippen molar-refractivity contribution in [3.8, 4) is 6.01 Å². The Hall–Kier alpha value is -2.64. The number of rotatable bonds is 3. The Balaban J connectivity index is 1.72. The molecule has 26 heavy (non-hydrogen) atoms. The topological polar surface area (TPSA) is 73.0 Å². The normalized spacial score (nSPS) is 11.0. The highest BCUT2D eigenvalue weighted by molar-refractivity contribution is 9.10. The summed E-state index contributed by atoms with van der Waals surface area (Å²) in [5.74, 6) is 0. The van der Waals surface area contributed by atoms with Gasteiger partial charge in [-0.3, -0.25) is 4.79 Å². The Kier molecular flexibility index (Phi) is 4.26. The second-order valence-corrected chi connectivity index (χ2v) is 6.87. The zero-order valence-corrected chi connectivity index (χ0v) is 15.9. The van der Waals surface area contributed by atoms with Crippen molar-refractivity contribution in [2.45, 2.75) is 6.92 Å². The van der Waals surface area contributed by atoms with E-state index in [0.29, 0.717) is 16.8 Å². The van der Waals surface area contributed by atoms with Crippen molar-refractivity contribution in [1.29, 1.82) is 0 Å². The average molecular weight is 432 g/mol. The number of benzene rings is 2. The fourth-order valence-corrected chi connectivity index (χ4v) is 2.91. The first-order valence-corrected chi connectivity index (χ1v) is 8.87. The predicted octanol–water partition coefficient (Wildman–Crippen LogP) is 4.84. The smallest absolute Gasteiger partial charge is 0.327 e. The molecule has 0 fully saturated rings. The first-order valence-electron chi connectivity index (χ1n) is 7.70. The summed E-state index contributed by atoms with van der Waals surface area (Å²) in [5, 5.41) is 7.24. The Bertz CT molecular complexity index is 1150. The lowest BCUT2D eigenvalue weighted by molar-refractivity contribution is 0.531. The average Bonchev–Trinajstić information content (AvgIpc) is 3.06. The molecule has 4 aromatic rings. The van der Waals surface area contributed by atoms with Crippen molar-refractivity contribution in [2.24, 2.45) is 0 Å². The van der Waals surface area contributed by atoms with Crippen LogP contribution in [0.2, 0.25) is 5.02 Å². The van der Waals surface area contributed by atoms with E-state index < -0.39 is 5.56 Å². The zero-order chi connectivity index (χ0) is 18.3. The number of oxazole rings is 1. The van der Waals surface area contributed by atoms with Crippen LogP contribution < -0.4 is 10.9 Å². The molecule has 2 heterocycles. The lowest BCUT2D eigenvalue weighted by atomic mass is 10.2. The Morgan fingerprint density at radius 3 is 2.81 bits per heavy atom. The third kappa shape index (κ3) is 3.00. The molecular weight excluding hydrogens is 420 g/mol. The van der Waals surface area contributed by atoms with E-state index in [4.69, 9.17) is 16.0 Å². The number of halogens is 2. The van der Waals surface area contributed by atoms with Gasteiger partial charge in [0.05, 0.1) is 11.9 Å². The number of aromatic nitrogens is 3. The molecule has 0 radical (unpaired) electrons. The van der Waals surface area contributed by atoms with Gasteiger partial charge in [0.15, 0.2) is 5.58 Å². The second-order valence-electron chi connectivity index (χ2n) is 5.64. The summed E-state index contributed by atoms with van der Waals surface area (Å²) in [6.07, 6.45) is 1.47. The van der Waals surface area contributed by atoms with Gasteiger partial charge in [0, 0.05) is 10.2 Å².